The topological polar surface area (TPSA) is 68.3 Å². The number of likely N-dealkylation sites (tertiary alicyclic amines) is 1. The van der Waals surface area contributed by atoms with E-state index in [1.807, 2.05) is 45.9 Å². The van der Waals surface area contributed by atoms with Gasteiger partial charge >= 0.3 is 0 Å². The fourth-order valence-corrected chi connectivity index (χ4v) is 4.97. The van der Waals surface area contributed by atoms with E-state index in [0.29, 0.717) is 36.5 Å². The fourth-order valence-electron chi connectivity index (χ4n) is 4.23. The molecule has 0 spiro atoms. The summed E-state index contributed by atoms with van der Waals surface area (Å²) in [5.41, 5.74) is 2.67. The first kappa shape index (κ1) is 16.6. The third-order valence-electron chi connectivity index (χ3n) is 5.43. The molecule has 3 aromatic rings. The van der Waals surface area contributed by atoms with Crippen LogP contribution in [-0.2, 0) is 11.3 Å². The van der Waals surface area contributed by atoms with Gasteiger partial charge in [0.05, 0.1) is 5.75 Å². The van der Waals surface area contributed by atoms with E-state index >= 15 is 0 Å². The third-order valence-corrected chi connectivity index (χ3v) is 6.24. The smallest absolute Gasteiger partial charge is 0.257 e. The Morgan fingerprint density at radius 2 is 2.04 bits per heavy atom. The van der Waals surface area contributed by atoms with Crippen molar-refractivity contribution in [3.05, 3.63) is 58.5 Å². The van der Waals surface area contributed by atoms with Crippen LogP contribution >= 0.6 is 11.8 Å². The second-order valence-corrected chi connectivity index (χ2v) is 8.16. The van der Waals surface area contributed by atoms with Gasteiger partial charge in [-0.05, 0) is 30.5 Å². The first-order chi connectivity index (χ1) is 13.2. The van der Waals surface area contributed by atoms with Crippen molar-refractivity contribution in [3.63, 3.8) is 0 Å². The predicted molar refractivity (Wildman–Crippen MR) is 103 cm³/mol. The molecule has 2 aliphatic rings. The first-order valence-electron chi connectivity index (χ1n) is 9.13. The highest BCUT2D eigenvalue weighted by molar-refractivity contribution is 7.99. The number of pyridine rings is 1. The molecule has 0 aliphatic carbocycles. The largest absolute Gasteiger partial charge is 0.431 e. The average molecular weight is 381 g/mol. The Hall–Kier alpha value is -2.54. The van der Waals surface area contributed by atoms with Crippen LogP contribution in [0.4, 0.5) is 0 Å². The molecule has 0 radical (unpaired) electrons. The number of para-hydroxylation sites is 2. The number of carbonyl (C=O) groups excluding carboxylic acids is 1. The van der Waals surface area contributed by atoms with Crippen LogP contribution < -0.4 is 5.56 Å². The van der Waals surface area contributed by atoms with E-state index in [2.05, 4.69) is 4.98 Å². The molecule has 2 aromatic heterocycles. The molecule has 4 heterocycles. The second-order valence-electron chi connectivity index (χ2n) is 7.23. The Bertz CT molecular complexity index is 1040. The molecule has 1 amide bonds. The van der Waals surface area contributed by atoms with E-state index in [1.165, 1.54) is 11.8 Å². The van der Waals surface area contributed by atoms with Gasteiger partial charge < -0.3 is 13.9 Å². The highest BCUT2D eigenvalue weighted by Crippen LogP contribution is 2.35. The van der Waals surface area contributed by atoms with Crippen molar-refractivity contribution < 1.29 is 9.21 Å². The lowest BCUT2D eigenvalue weighted by Crippen LogP contribution is -2.49. The molecule has 1 aromatic carbocycles. The van der Waals surface area contributed by atoms with Gasteiger partial charge in [0.25, 0.3) is 10.8 Å². The quantitative estimate of drug-likeness (QED) is 0.653. The van der Waals surface area contributed by atoms with Gasteiger partial charge in [0.2, 0.25) is 5.91 Å². The van der Waals surface area contributed by atoms with Gasteiger partial charge in [-0.15, -0.1) is 0 Å². The maximum atomic E-state index is 12.8. The van der Waals surface area contributed by atoms with Crippen molar-refractivity contribution in [1.29, 1.82) is 0 Å². The minimum absolute atomic E-state index is 0.0634. The van der Waals surface area contributed by atoms with Crippen molar-refractivity contribution in [3.8, 4) is 0 Å². The lowest BCUT2D eigenvalue weighted by molar-refractivity contribution is -0.131. The fraction of sp³-hybridized carbons (Fsp3) is 0.350. The van der Waals surface area contributed by atoms with Crippen molar-refractivity contribution >= 4 is 28.8 Å². The van der Waals surface area contributed by atoms with Crippen LogP contribution in [0.5, 0.6) is 0 Å². The van der Waals surface area contributed by atoms with Gasteiger partial charge in [-0.1, -0.05) is 30.0 Å². The molecule has 2 aliphatic heterocycles. The van der Waals surface area contributed by atoms with Crippen LogP contribution in [0.15, 0.2) is 56.9 Å². The Morgan fingerprint density at radius 3 is 2.93 bits per heavy atom. The number of hydrogen-bond acceptors (Lipinski definition) is 5. The van der Waals surface area contributed by atoms with Crippen molar-refractivity contribution in [2.24, 2.45) is 5.92 Å². The van der Waals surface area contributed by atoms with Gasteiger partial charge in [-0.3, -0.25) is 9.59 Å². The maximum absolute atomic E-state index is 12.8. The van der Waals surface area contributed by atoms with E-state index in [1.54, 1.807) is 6.07 Å². The third kappa shape index (κ3) is 3.06. The number of thioether (sulfide) groups is 1. The predicted octanol–water partition coefficient (Wildman–Crippen LogP) is 2.73. The lowest BCUT2D eigenvalue weighted by atomic mass is 9.83. The molecule has 0 N–H and O–H groups in total. The number of rotatable bonds is 3. The van der Waals surface area contributed by atoms with Gasteiger partial charge in [-0.25, -0.2) is 4.98 Å². The Kier molecular flexibility index (Phi) is 4.04. The SMILES string of the molecule is O=C(CSc1nc2ccccc2o1)N1C[C@H]2C[C@H](C1)c1cccc(=O)n1C2. The van der Waals surface area contributed by atoms with Gasteiger partial charge in [-0.2, -0.15) is 0 Å². The molecule has 5 rings (SSSR count). The zero-order chi connectivity index (χ0) is 18.4. The molecular weight excluding hydrogens is 362 g/mol. The second kappa shape index (κ2) is 6.56. The summed E-state index contributed by atoms with van der Waals surface area (Å²) in [4.78, 5) is 31.2. The van der Waals surface area contributed by atoms with Crippen LogP contribution in [0.1, 0.15) is 18.0 Å². The molecule has 1 saturated heterocycles. The Balaban J connectivity index is 1.28. The minimum atomic E-state index is 0.0634. The minimum Gasteiger partial charge on any atom is -0.431 e. The molecule has 1 fully saturated rings. The van der Waals surface area contributed by atoms with Crippen LogP contribution in [0.2, 0.25) is 0 Å². The number of carbonyl (C=O) groups is 1. The summed E-state index contributed by atoms with van der Waals surface area (Å²) in [6, 6.07) is 13.0. The number of aromatic nitrogens is 2. The van der Waals surface area contributed by atoms with Gasteiger partial charge in [0, 0.05) is 37.3 Å². The summed E-state index contributed by atoms with van der Waals surface area (Å²) in [5, 5.41) is 0.527. The average Bonchev–Trinajstić information content (AvgIpc) is 3.10. The lowest BCUT2D eigenvalue weighted by Gasteiger charge is -2.42. The van der Waals surface area contributed by atoms with Crippen LogP contribution in [0.25, 0.3) is 11.1 Å². The highest BCUT2D eigenvalue weighted by atomic mass is 32.2. The number of hydrogen-bond donors (Lipinski definition) is 0. The van der Waals surface area contributed by atoms with E-state index in [-0.39, 0.29) is 17.4 Å². The van der Waals surface area contributed by atoms with Crippen LogP contribution in [0.3, 0.4) is 0 Å². The van der Waals surface area contributed by atoms with Gasteiger partial charge in [0.15, 0.2) is 5.58 Å². The summed E-state index contributed by atoms with van der Waals surface area (Å²) < 4.78 is 7.57. The van der Waals surface area contributed by atoms with Crippen LogP contribution in [0, 0.1) is 5.92 Å². The Labute approximate surface area is 160 Å². The van der Waals surface area contributed by atoms with E-state index in [4.69, 9.17) is 4.42 Å². The zero-order valence-corrected chi connectivity index (χ0v) is 15.5. The molecule has 6 nitrogen and oxygen atoms in total. The Morgan fingerprint density at radius 1 is 1.15 bits per heavy atom. The normalized spacial score (nSPS) is 21.3. The van der Waals surface area contributed by atoms with E-state index in [9.17, 15) is 9.59 Å². The summed E-state index contributed by atoms with van der Waals surface area (Å²) >= 11 is 1.34. The summed E-state index contributed by atoms with van der Waals surface area (Å²) in [7, 11) is 0. The summed E-state index contributed by atoms with van der Waals surface area (Å²) in [6.45, 7) is 2.09. The molecule has 2 bridgehead atoms. The molecule has 27 heavy (non-hydrogen) atoms. The molecule has 0 saturated carbocycles. The monoisotopic (exact) mass is 381 g/mol. The number of piperidine rings is 1. The molecule has 7 heteroatoms. The first-order valence-corrected chi connectivity index (χ1v) is 10.1. The summed E-state index contributed by atoms with van der Waals surface area (Å²) in [5.74, 6) is 0.997. The van der Waals surface area contributed by atoms with E-state index < -0.39 is 0 Å². The van der Waals surface area contributed by atoms with Crippen molar-refractivity contribution in [1.82, 2.24) is 14.5 Å². The number of fused-ring (bicyclic) bond motifs is 5. The summed E-state index contributed by atoms with van der Waals surface area (Å²) in [6.07, 6.45) is 1.05. The number of oxazole rings is 1. The maximum Gasteiger partial charge on any atom is 0.257 e. The molecule has 0 unspecified atom stereocenters. The van der Waals surface area contributed by atoms with Crippen molar-refractivity contribution in [2.75, 3.05) is 18.8 Å². The molecular formula is C20H19N3O3S. The van der Waals surface area contributed by atoms with Crippen molar-refractivity contribution in [2.45, 2.75) is 24.1 Å². The van der Waals surface area contributed by atoms with Crippen LogP contribution in [-0.4, -0.2) is 39.2 Å². The van der Waals surface area contributed by atoms with Gasteiger partial charge in [0.1, 0.15) is 5.52 Å². The number of amides is 1. The van der Waals surface area contributed by atoms with E-state index in [0.717, 1.165) is 23.2 Å². The zero-order valence-electron chi connectivity index (χ0n) is 14.7. The number of benzene rings is 1. The standard InChI is InChI=1S/C20H19N3O3S/c24-18-7-3-5-16-14-8-13(10-23(16)18)9-22(11-14)19(25)12-27-20-21-15-4-1-2-6-17(15)26-20/h1-7,13-14H,8-12H2/t13-,14-/m1/s1. The molecule has 2 atom stereocenters. The number of nitrogens with zero attached hydrogens (tertiary/aromatic N) is 3. The highest BCUT2D eigenvalue weighted by Gasteiger charge is 2.36. The molecule has 138 valence electrons.